The van der Waals surface area contributed by atoms with Gasteiger partial charge in [-0.25, -0.2) is 0 Å². The number of nitrogens with two attached hydrogens (primary N) is 1. The van der Waals surface area contributed by atoms with E-state index in [1.54, 1.807) is 0 Å². The van der Waals surface area contributed by atoms with Crippen LogP contribution in [0.1, 0.15) is 31.2 Å². The predicted molar refractivity (Wildman–Crippen MR) is 71.5 cm³/mol. The van der Waals surface area contributed by atoms with E-state index in [4.69, 9.17) is 17.3 Å². The lowest BCUT2D eigenvalue weighted by atomic mass is 9.96. The average Bonchev–Trinajstić information content (AvgIpc) is 3.25. The van der Waals surface area contributed by atoms with Crippen LogP contribution in [0.4, 0.5) is 0 Å². The standard InChI is InChI=1S/C14H17ClN2O/c15-11-3-1-10(2-4-11)13(5-6-13)9-17-12(18)14(16)7-8-14/h1-4H,5-9,16H2,(H,17,18). The smallest absolute Gasteiger partial charge is 0.240 e. The number of hydrogen-bond donors (Lipinski definition) is 2. The lowest BCUT2D eigenvalue weighted by Crippen LogP contribution is -2.45. The summed E-state index contributed by atoms with van der Waals surface area (Å²) in [5.74, 6) is 0.00254. The molecule has 1 aromatic carbocycles. The normalized spacial score (nSPS) is 22.3. The van der Waals surface area contributed by atoms with Crippen LogP contribution in [0.2, 0.25) is 5.02 Å². The quantitative estimate of drug-likeness (QED) is 0.874. The Bertz CT molecular complexity index is 475. The van der Waals surface area contributed by atoms with Gasteiger partial charge in [-0.3, -0.25) is 4.79 Å². The maximum absolute atomic E-state index is 11.8. The molecule has 0 radical (unpaired) electrons. The predicted octanol–water partition coefficient (Wildman–Crippen LogP) is 1.98. The van der Waals surface area contributed by atoms with Gasteiger partial charge in [0.05, 0.1) is 5.54 Å². The summed E-state index contributed by atoms with van der Waals surface area (Å²) in [6.45, 7) is 0.687. The fourth-order valence-corrected chi connectivity index (χ4v) is 2.44. The Morgan fingerprint density at radius 1 is 1.22 bits per heavy atom. The van der Waals surface area contributed by atoms with E-state index < -0.39 is 5.54 Å². The monoisotopic (exact) mass is 264 g/mol. The molecule has 4 heteroatoms. The fourth-order valence-electron chi connectivity index (χ4n) is 2.31. The van der Waals surface area contributed by atoms with Crippen LogP contribution >= 0.6 is 11.6 Å². The zero-order chi connectivity index (χ0) is 12.8. The Labute approximate surface area is 112 Å². The van der Waals surface area contributed by atoms with Gasteiger partial charge in [0, 0.05) is 17.0 Å². The Kier molecular flexibility index (Phi) is 2.65. The van der Waals surface area contributed by atoms with Crippen LogP contribution in [0, 0.1) is 0 Å². The van der Waals surface area contributed by atoms with Crippen LogP contribution in [0.5, 0.6) is 0 Å². The third-order valence-electron chi connectivity index (χ3n) is 4.14. The number of hydrogen-bond acceptors (Lipinski definition) is 2. The number of nitrogens with one attached hydrogen (secondary N) is 1. The molecule has 1 amide bonds. The second-order valence-corrected chi connectivity index (χ2v) is 6.06. The molecule has 2 aliphatic carbocycles. The molecular weight excluding hydrogens is 248 g/mol. The van der Waals surface area contributed by atoms with Crippen molar-refractivity contribution in [3.8, 4) is 0 Å². The van der Waals surface area contributed by atoms with Crippen LogP contribution in [-0.4, -0.2) is 18.0 Å². The molecular formula is C14H17ClN2O. The molecule has 3 N–H and O–H groups in total. The summed E-state index contributed by atoms with van der Waals surface area (Å²) in [6.07, 6.45) is 3.86. The fraction of sp³-hybridized carbons (Fsp3) is 0.500. The molecule has 2 saturated carbocycles. The maximum atomic E-state index is 11.8. The van der Waals surface area contributed by atoms with E-state index in [2.05, 4.69) is 17.4 Å². The lowest BCUT2D eigenvalue weighted by Gasteiger charge is -2.18. The molecule has 96 valence electrons. The van der Waals surface area contributed by atoms with Crippen LogP contribution in [0.3, 0.4) is 0 Å². The average molecular weight is 265 g/mol. The number of benzene rings is 1. The molecule has 0 aromatic heterocycles. The molecule has 0 heterocycles. The number of carbonyl (C=O) groups excluding carboxylic acids is 1. The minimum absolute atomic E-state index is 0.00254. The van der Waals surface area contributed by atoms with Crippen molar-refractivity contribution in [1.29, 1.82) is 0 Å². The molecule has 0 unspecified atom stereocenters. The summed E-state index contributed by atoms with van der Waals surface area (Å²) in [5, 5.41) is 3.75. The highest BCUT2D eigenvalue weighted by Gasteiger charge is 2.49. The second kappa shape index (κ2) is 3.97. The van der Waals surface area contributed by atoms with Gasteiger partial charge in [0.1, 0.15) is 0 Å². The number of halogens is 1. The van der Waals surface area contributed by atoms with Gasteiger partial charge < -0.3 is 11.1 Å². The summed E-state index contributed by atoms with van der Waals surface area (Å²) < 4.78 is 0. The zero-order valence-electron chi connectivity index (χ0n) is 10.2. The van der Waals surface area contributed by atoms with Crippen LogP contribution in [0.25, 0.3) is 0 Å². The van der Waals surface area contributed by atoms with Crippen LogP contribution in [-0.2, 0) is 10.2 Å². The summed E-state index contributed by atoms with van der Waals surface area (Å²) in [4.78, 5) is 11.8. The highest BCUT2D eigenvalue weighted by molar-refractivity contribution is 6.30. The number of carbonyl (C=O) groups is 1. The molecule has 0 bridgehead atoms. The molecule has 3 rings (SSSR count). The molecule has 0 aliphatic heterocycles. The minimum Gasteiger partial charge on any atom is -0.354 e. The third-order valence-corrected chi connectivity index (χ3v) is 4.39. The Hall–Kier alpha value is -1.06. The lowest BCUT2D eigenvalue weighted by molar-refractivity contribution is -0.123. The molecule has 0 atom stereocenters. The van der Waals surface area contributed by atoms with E-state index in [1.807, 2.05) is 12.1 Å². The summed E-state index contributed by atoms with van der Waals surface area (Å²) in [7, 11) is 0. The summed E-state index contributed by atoms with van der Waals surface area (Å²) in [6, 6.07) is 7.92. The van der Waals surface area contributed by atoms with Crippen molar-refractivity contribution in [3.63, 3.8) is 0 Å². The van der Waals surface area contributed by atoms with E-state index in [0.717, 1.165) is 30.7 Å². The van der Waals surface area contributed by atoms with E-state index in [-0.39, 0.29) is 11.3 Å². The van der Waals surface area contributed by atoms with Gasteiger partial charge in [-0.2, -0.15) is 0 Å². The zero-order valence-corrected chi connectivity index (χ0v) is 11.0. The molecule has 1 aromatic rings. The SMILES string of the molecule is NC1(C(=O)NCC2(c3ccc(Cl)cc3)CC2)CC1. The van der Waals surface area contributed by atoms with Crippen molar-refractivity contribution in [2.24, 2.45) is 5.73 Å². The van der Waals surface area contributed by atoms with Gasteiger partial charge in [0.15, 0.2) is 0 Å². The highest BCUT2D eigenvalue weighted by Crippen LogP contribution is 2.48. The second-order valence-electron chi connectivity index (χ2n) is 5.63. The van der Waals surface area contributed by atoms with Crippen molar-refractivity contribution >= 4 is 17.5 Å². The first kappa shape index (κ1) is 12.0. The third kappa shape index (κ3) is 2.13. The van der Waals surface area contributed by atoms with Crippen molar-refractivity contribution < 1.29 is 4.79 Å². The van der Waals surface area contributed by atoms with Crippen molar-refractivity contribution in [1.82, 2.24) is 5.32 Å². The molecule has 3 nitrogen and oxygen atoms in total. The van der Waals surface area contributed by atoms with Crippen molar-refractivity contribution in [2.45, 2.75) is 36.6 Å². The van der Waals surface area contributed by atoms with Crippen LogP contribution < -0.4 is 11.1 Å². The Morgan fingerprint density at radius 3 is 2.33 bits per heavy atom. The Morgan fingerprint density at radius 2 is 1.83 bits per heavy atom. The van der Waals surface area contributed by atoms with Gasteiger partial charge in [0.2, 0.25) is 5.91 Å². The highest BCUT2D eigenvalue weighted by atomic mass is 35.5. The van der Waals surface area contributed by atoms with Gasteiger partial charge in [-0.05, 0) is 43.4 Å². The Balaban J connectivity index is 1.65. The molecule has 0 spiro atoms. The van der Waals surface area contributed by atoms with E-state index in [1.165, 1.54) is 5.56 Å². The van der Waals surface area contributed by atoms with Crippen LogP contribution in [0.15, 0.2) is 24.3 Å². The van der Waals surface area contributed by atoms with Gasteiger partial charge in [-0.15, -0.1) is 0 Å². The first-order chi connectivity index (χ1) is 8.54. The van der Waals surface area contributed by atoms with Gasteiger partial charge in [0.25, 0.3) is 0 Å². The maximum Gasteiger partial charge on any atom is 0.240 e. The van der Waals surface area contributed by atoms with Gasteiger partial charge in [-0.1, -0.05) is 23.7 Å². The summed E-state index contributed by atoms with van der Waals surface area (Å²) in [5.41, 5.74) is 6.67. The van der Waals surface area contributed by atoms with Crippen molar-refractivity contribution in [3.05, 3.63) is 34.9 Å². The molecule has 18 heavy (non-hydrogen) atoms. The van der Waals surface area contributed by atoms with Crippen molar-refractivity contribution in [2.75, 3.05) is 6.54 Å². The molecule has 2 aliphatic rings. The first-order valence-corrected chi connectivity index (χ1v) is 6.75. The summed E-state index contributed by atoms with van der Waals surface area (Å²) >= 11 is 5.89. The topological polar surface area (TPSA) is 55.1 Å². The molecule has 2 fully saturated rings. The van der Waals surface area contributed by atoms with E-state index in [9.17, 15) is 4.79 Å². The largest absolute Gasteiger partial charge is 0.354 e. The van der Waals surface area contributed by atoms with E-state index >= 15 is 0 Å². The van der Waals surface area contributed by atoms with E-state index in [0.29, 0.717) is 6.54 Å². The minimum atomic E-state index is -0.573. The van der Waals surface area contributed by atoms with Gasteiger partial charge >= 0.3 is 0 Å². The number of rotatable bonds is 4. The number of amides is 1. The molecule has 0 saturated heterocycles. The first-order valence-electron chi connectivity index (χ1n) is 6.37.